The highest BCUT2D eigenvalue weighted by Crippen LogP contribution is 2.47. The first-order valence-electron chi connectivity index (χ1n) is 8.12. The van der Waals surface area contributed by atoms with E-state index in [2.05, 4.69) is 24.1 Å². The summed E-state index contributed by atoms with van der Waals surface area (Å²) in [5, 5.41) is 0. The van der Waals surface area contributed by atoms with Crippen LogP contribution in [-0.4, -0.2) is 57.1 Å². The van der Waals surface area contributed by atoms with Crippen molar-refractivity contribution in [1.82, 2.24) is 4.90 Å². The van der Waals surface area contributed by atoms with E-state index in [4.69, 9.17) is 14.2 Å². The van der Waals surface area contributed by atoms with Gasteiger partial charge in [-0.1, -0.05) is 30.3 Å². The summed E-state index contributed by atoms with van der Waals surface area (Å²) in [4.78, 5) is 14.9. The molecule has 2 aliphatic heterocycles. The predicted molar refractivity (Wildman–Crippen MR) is 86.0 cm³/mol. The van der Waals surface area contributed by atoms with Crippen LogP contribution in [0.1, 0.15) is 24.3 Å². The number of ether oxygens (including phenoxy) is 3. The van der Waals surface area contributed by atoms with Crippen LogP contribution >= 0.6 is 0 Å². The van der Waals surface area contributed by atoms with Gasteiger partial charge in [-0.15, -0.1) is 0 Å². The number of carbonyl (C=O) groups excluding carboxylic acids is 1. The molecular formula is C18H25NO4. The fourth-order valence-corrected chi connectivity index (χ4v) is 4.31. The molecule has 0 spiro atoms. The molecule has 3 rings (SSSR count). The lowest BCUT2D eigenvalue weighted by Crippen LogP contribution is -2.52. The van der Waals surface area contributed by atoms with Crippen molar-refractivity contribution in [2.45, 2.75) is 36.9 Å². The highest BCUT2D eigenvalue weighted by Gasteiger charge is 2.54. The maximum absolute atomic E-state index is 12.6. The van der Waals surface area contributed by atoms with E-state index in [1.165, 1.54) is 12.7 Å². The maximum atomic E-state index is 12.6. The fourth-order valence-electron chi connectivity index (χ4n) is 4.31. The number of hydrogen-bond acceptors (Lipinski definition) is 5. The number of nitrogens with zero attached hydrogens (tertiary/aromatic N) is 1. The Balaban J connectivity index is 1.92. The zero-order chi connectivity index (χ0) is 16.4. The third-order valence-electron chi connectivity index (χ3n) is 5.36. The molecule has 2 heterocycles. The lowest BCUT2D eigenvalue weighted by Gasteiger charge is -2.42. The molecule has 2 bridgehead atoms. The molecule has 1 aromatic rings. The molecule has 126 valence electrons. The van der Waals surface area contributed by atoms with Gasteiger partial charge < -0.3 is 14.2 Å². The van der Waals surface area contributed by atoms with E-state index in [1.807, 2.05) is 18.2 Å². The molecule has 5 nitrogen and oxygen atoms in total. The molecule has 0 N–H and O–H groups in total. The largest absolute Gasteiger partial charge is 0.469 e. The van der Waals surface area contributed by atoms with Crippen LogP contribution in [-0.2, 0) is 19.0 Å². The van der Waals surface area contributed by atoms with Gasteiger partial charge >= 0.3 is 5.97 Å². The molecule has 5 unspecified atom stereocenters. The average Bonchev–Trinajstić information content (AvgIpc) is 2.79. The Morgan fingerprint density at radius 2 is 1.96 bits per heavy atom. The van der Waals surface area contributed by atoms with Crippen LogP contribution in [0.4, 0.5) is 0 Å². The summed E-state index contributed by atoms with van der Waals surface area (Å²) in [5.74, 6) is -0.193. The van der Waals surface area contributed by atoms with Gasteiger partial charge in [-0.25, -0.2) is 0 Å². The smallest absolute Gasteiger partial charge is 0.310 e. The number of piperidine rings is 1. The monoisotopic (exact) mass is 319 g/mol. The lowest BCUT2D eigenvalue weighted by atomic mass is 9.76. The second-order valence-electron chi connectivity index (χ2n) is 6.46. The SMILES string of the molecule is COCOC1CC2CC(c3ccccc3)C(C(=O)OC)C1N2C. The summed E-state index contributed by atoms with van der Waals surface area (Å²) < 4.78 is 16.1. The number of carbonyl (C=O) groups is 1. The van der Waals surface area contributed by atoms with Crippen LogP contribution in [0.5, 0.6) is 0 Å². The average molecular weight is 319 g/mol. The molecule has 0 radical (unpaired) electrons. The highest BCUT2D eigenvalue weighted by molar-refractivity contribution is 5.75. The lowest BCUT2D eigenvalue weighted by molar-refractivity contribution is -0.154. The molecule has 2 fully saturated rings. The summed E-state index contributed by atoms with van der Waals surface area (Å²) in [6.45, 7) is 0.256. The zero-order valence-corrected chi connectivity index (χ0v) is 14.0. The Morgan fingerprint density at radius 1 is 1.22 bits per heavy atom. The normalized spacial score (nSPS) is 33.6. The van der Waals surface area contributed by atoms with Gasteiger partial charge in [-0.2, -0.15) is 0 Å². The van der Waals surface area contributed by atoms with E-state index in [0.29, 0.717) is 6.04 Å². The molecule has 0 saturated carbocycles. The molecule has 2 aliphatic rings. The van der Waals surface area contributed by atoms with E-state index < -0.39 is 0 Å². The molecule has 0 aliphatic carbocycles. The maximum Gasteiger partial charge on any atom is 0.310 e. The minimum atomic E-state index is -0.215. The van der Waals surface area contributed by atoms with Crippen molar-refractivity contribution in [2.75, 3.05) is 28.1 Å². The van der Waals surface area contributed by atoms with Gasteiger partial charge in [0.1, 0.15) is 6.79 Å². The Labute approximate surface area is 137 Å². The van der Waals surface area contributed by atoms with Crippen molar-refractivity contribution in [3.05, 3.63) is 35.9 Å². The standard InChI is InChI=1S/C18H25NO4/c1-19-13-9-14(12-7-5-4-6-8-12)16(18(20)22-3)17(19)15(10-13)23-11-21-2/h4-8,13-17H,9-11H2,1-3H3. The highest BCUT2D eigenvalue weighted by atomic mass is 16.7. The molecule has 5 atom stereocenters. The van der Waals surface area contributed by atoms with Crippen molar-refractivity contribution < 1.29 is 19.0 Å². The Hall–Kier alpha value is -1.43. The third kappa shape index (κ3) is 3.01. The van der Waals surface area contributed by atoms with E-state index in [0.717, 1.165) is 12.8 Å². The Kier molecular flexibility index (Phi) is 4.99. The number of benzene rings is 1. The first-order chi connectivity index (χ1) is 11.2. The summed E-state index contributed by atoms with van der Waals surface area (Å²) >= 11 is 0. The molecule has 23 heavy (non-hydrogen) atoms. The molecule has 0 aromatic heterocycles. The van der Waals surface area contributed by atoms with Crippen LogP contribution in [0.2, 0.25) is 0 Å². The number of methoxy groups -OCH3 is 2. The van der Waals surface area contributed by atoms with Gasteiger partial charge in [0.25, 0.3) is 0 Å². The van der Waals surface area contributed by atoms with Crippen LogP contribution in [0, 0.1) is 5.92 Å². The topological polar surface area (TPSA) is 48.0 Å². The van der Waals surface area contributed by atoms with Crippen molar-refractivity contribution in [2.24, 2.45) is 5.92 Å². The van der Waals surface area contributed by atoms with Crippen molar-refractivity contribution >= 4 is 5.97 Å². The van der Waals surface area contributed by atoms with Crippen LogP contribution in [0.25, 0.3) is 0 Å². The second-order valence-corrected chi connectivity index (χ2v) is 6.46. The van der Waals surface area contributed by atoms with Crippen molar-refractivity contribution in [3.8, 4) is 0 Å². The number of likely N-dealkylation sites (N-methyl/N-ethyl adjacent to an activating group) is 1. The van der Waals surface area contributed by atoms with Gasteiger partial charge in [0, 0.05) is 25.1 Å². The number of fused-ring (bicyclic) bond motifs is 2. The zero-order valence-electron chi connectivity index (χ0n) is 14.0. The predicted octanol–water partition coefficient (Wildman–Crippen LogP) is 2.02. The summed E-state index contributed by atoms with van der Waals surface area (Å²) in [6, 6.07) is 10.7. The van der Waals surface area contributed by atoms with Crippen LogP contribution in [0.15, 0.2) is 30.3 Å². The van der Waals surface area contributed by atoms with Gasteiger partial charge in [-0.3, -0.25) is 9.69 Å². The molecule has 2 saturated heterocycles. The van der Waals surface area contributed by atoms with E-state index in [9.17, 15) is 4.79 Å². The van der Waals surface area contributed by atoms with Crippen molar-refractivity contribution in [1.29, 1.82) is 0 Å². The minimum Gasteiger partial charge on any atom is -0.469 e. The number of esters is 1. The summed E-state index contributed by atoms with van der Waals surface area (Å²) in [5.41, 5.74) is 1.21. The summed E-state index contributed by atoms with van der Waals surface area (Å²) in [6.07, 6.45) is 1.88. The summed E-state index contributed by atoms with van der Waals surface area (Å²) in [7, 11) is 5.18. The Bertz CT molecular complexity index is 535. The number of hydrogen-bond donors (Lipinski definition) is 0. The first kappa shape index (κ1) is 16.4. The molecule has 1 aromatic carbocycles. The van der Waals surface area contributed by atoms with Crippen LogP contribution < -0.4 is 0 Å². The molecular weight excluding hydrogens is 294 g/mol. The number of rotatable bonds is 5. The first-order valence-corrected chi connectivity index (χ1v) is 8.12. The van der Waals surface area contributed by atoms with E-state index in [-0.39, 0.29) is 36.7 Å². The van der Waals surface area contributed by atoms with Crippen LogP contribution in [0.3, 0.4) is 0 Å². The van der Waals surface area contributed by atoms with Crippen molar-refractivity contribution in [3.63, 3.8) is 0 Å². The quantitative estimate of drug-likeness (QED) is 0.614. The van der Waals surface area contributed by atoms with Gasteiger partial charge in [0.05, 0.1) is 19.1 Å². The fraction of sp³-hybridized carbons (Fsp3) is 0.611. The third-order valence-corrected chi connectivity index (χ3v) is 5.36. The second kappa shape index (κ2) is 6.99. The van der Waals surface area contributed by atoms with E-state index in [1.54, 1.807) is 7.11 Å². The minimum absolute atomic E-state index is 0.00256. The van der Waals surface area contributed by atoms with Gasteiger partial charge in [0.15, 0.2) is 0 Å². The Morgan fingerprint density at radius 3 is 2.61 bits per heavy atom. The van der Waals surface area contributed by atoms with Gasteiger partial charge in [0.2, 0.25) is 0 Å². The molecule has 5 heteroatoms. The van der Waals surface area contributed by atoms with Gasteiger partial charge in [-0.05, 0) is 25.5 Å². The molecule has 0 amide bonds. The van der Waals surface area contributed by atoms with E-state index >= 15 is 0 Å².